The molecule has 0 saturated heterocycles. The number of benzene rings is 3. The second kappa shape index (κ2) is 12.3. The van der Waals surface area contributed by atoms with Crippen molar-refractivity contribution >= 4 is 39.1 Å². The van der Waals surface area contributed by atoms with Crippen molar-refractivity contribution in [1.29, 1.82) is 0 Å². The van der Waals surface area contributed by atoms with E-state index < -0.39 is 28.5 Å². The molecule has 2 amide bonds. The first-order chi connectivity index (χ1) is 17.6. The summed E-state index contributed by atoms with van der Waals surface area (Å²) in [6.07, 6.45) is 0. The van der Waals surface area contributed by atoms with E-state index >= 15 is 0 Å². The van der Waals surface area contributed by atoms with E-state index in [9.17, 15) is 18.0 Å². The lowest BCUT2D eigenvalue weighted by atomic mass is 10.1. The van der Waals surface area contributed by atoms with E-state index in [4.69, 9.17) is 11.6 Å². The van der Waals surface area contributed by atoms with Crippen molar-refractivity contribution in [3.63, 3.8) is 0 Å². The zero-order valence-electron chi connectivity index (χ0n) is 21.4. The number of hydrogen-bond donors (Lipinski definition) is 1. The van der Waals surface area contributed by atoms with Crippen LogP contribution < -0.4 is 9.62 Å². The smallest absolute Gasteiger partial charge is 0.264 e. The highest BCUT2D eigenvalue weighted by molar-refractivity contribution is 7.92. The molecular weight excluding hydrogens is 510 g/mol. The maximum absolute atomic E-state index is 13.8. The summed E-state index contributed by atoms with van der Waals surface area (Å²) < 4.78 is 28.6. The number of likely N-dealkylation sites (N-methyl/N-ethyl adjacent to an activating group) is 1. The standard InChI is InChI=1S/C28H32ClN3O4S/c1-5-30-28(34)22(4)31(18-23-11-7-6-10-21(23)3)27(33)19-32(26-13-9-8-12-25(26)29)37(35,36)24-16-14-20(2)15-17-24/h6-17,22H,5,18-19H2,1-4H3,(H,30,34)/t22-/m0/s1. The monoisotopic (exact) mass is 541 g/mol. The van der Waals surface area contributed by atoms with Crippen LogP contribution in [0.3, 0.4) is 0 Å². The van der Waals surface area contributed by atoms with Gasteiger partial charge in [-0.2, -0.15) is 0 Å². The van der Waals surface area contributed by atoms with Crippen molar-refractivity contribution in [2.24, 2.45) is 0 Å². The summed E-state index contributed by atoms with van der Waals surface area (Å²) in [6, 6.07) is 19.6. The lowest BCUT2D eigenvalue weighted by Gasteiger charge is -2.32. The fourth-order valence-corrected chi connectivity index (χ4v) is 5.60. The Kier molecular flexibility index (Phi) is 9.34. The second-order valence-corrected chi connectivity index (χ2v) is 11.1. The molecule has 196 valence electrons. The number of hydrogen-bond acceptors (Lipinski definition) is 4. The second-order valence-electron chi connectivity index (χ2n) is 8.79. The molecule has 0 radical (unpaired) electrons. The number of anilines is 1. The third-order valence-corrected chi connectivity index (χ3v) is 8.22. The molecule has 9 heteroatoms. The van der Waals surface area contributed by atoms with Gasteiger partial charge in [0.05, 0.1) is 15.6 Å². The molecule has 0 bridgehead atoms. The van der Waals surface area contributed by atoms with Crippen LogP contribution in [0.4, 0.5) is 5.69 Å². The molecule has 7 nitrogen and oxygen atoms in total. The first kappa shape index (κ1) is 28.2. The van der Waals surface area contributed by atoms with E-state index in [0.717, 1.165) is 21.0 Å². The summed E-state index contributed by atoms with van der Waals surface area (Å²) in [4.78, 5) is 28.0. The quantitative estimate of drug-likeness (QED) is 0.403. The van der Waals surface area contributed by atoms with E-state index in [1.165, 1.54) is 17.0 Å². The Labute approximate surface area is 224 Å². The average Bonchev–Trinajstić information content (AvgIpc) is 2.87. The van der Waals surface area contributed by atoms with Gasteiger partial charge in [-0.3, -0.25) is 13.9 Å². The Balaban J connectivity index is 2.05. The molecule has 0 aliphatic carbocycles. The van der Waals surface area contributed by atoms with Gasteiger partial charge in [0.25, 0.3) is 10.0 Å². The summed E-state index contributed by atoms with van der Waals surface area (Å²) in [7, 11) is -4.16. The normalized spacial score (nSPS) is 12.0. The summed E-state index contributed by atoms with van der Waals surface area (Å²) in [5, 5.41) is 2.94. The minimum atomic E-state index is -4.16. The highest BCUT2D eigenvalue weighted by Gasteiger charge is 2.33. The number of carbonyl (C=O) groups is 2. The van der Waals surface area contributed by atoms with Crippen molar-refractivity contribution in [3.8, 4) is 0 Å². The minimum absolute atomic E-state index is 0.0352. The molecule has 0 saturated carbocycles. The molecule has 3 rings (SSSR count). The van der Waals surface area contributed by atoms with Crippen molar-refractivity contribution in [3.05, 3.63) is 94.5 Å². The largest absolute Gasteiger partial charge is 0.355 e. The predicted molar refractivity (Wildman–Crippen MR) is 147 cm³/mol. The van der Waals surface area contributed by atoms with Crippen molar-refractivity contribution in [1.82, 2.24) is 10.2 Å². The fraction of sp³-hybridized carbons (Fsp3) is 0.286. The molecule has 0 heterocycles. The van der Waals surface area contributed by atoms with Crippen molar-refractivity contribution < 1.29 is 18.0 Å². The lowest BCUT2D eigenvalue weighted by Crippen LogP contribution is -2.51. The van der Waals surface area contributed by atoms with Crippen LogP contribution in [0.2, 0.25) is 5.02 Å². The number of nitrogens with zero attached hydrogens (tertiary/aromatic N) is 2. The number of halogens is 1. The summed E-state index contributed by atoms with van der Waals surface area (Å²) in [5.41, 5.74) is 2.90. The Morgan fingerprint density at radius 3 is 2.19 bits per heavy atom. The Bertz CT molecular complexity index is 1360. The van der Waals surface area contributed by atoms with Gasteiger partial charge in [0.2, 0.25) is 11.8 Å². The SMILES string of the molecule is CCNC(=O)[C@H](C)N(Cc1ccccc1C)C(=O)CN(c1ccccc1Cl)S(=O)(=O)c1ccc(C)cc1. The van der Waals surface area contributed by atoms with Gasteiger partial charge >= 0.3 is 0 Å². The Hall–Kier alpha value is -3.36. The predicted octanol–water partition coefficient (Wildman–Crippen LogP) is 4.71. The summed E-state index contributed by atoms with van der Waals surface area (Å²) >= 11 is 6.41. The molecule has 1 atom stereocenters. The van der Waals surface area contributed by atoms with Gasteiger partial charge in [0, 0.05) is 13.1 Å². The molecule has 37 heavy (non-hydrogen) atoms. The Morgan fingerprint density at radius 1 is 0.946 bits per heavy atom. The van der Waals surface area contributed by atoms with Gasteiger partial charge in [0.15, 0.2) is 0 Å². The molecule has 0 spiro atoms. The van der Waals surface area contributed by atoms with Gasteiger partial charge in [-0.1, -0.05) is 65.7 Å². The third-order valence-electron chi connectivity index (χ3n) is 6.13. The van der Waals surface area contributed by atoms with E-state index in [2.05, 4.69) is 5.32 Å². The highest BCUT2D eigenvalue weighted by Crippen LogP contribution is 2.31. The van der Waals surface area contributed by atoms with E-state index in [1.807, 2.05) is 38.1 Å². The number of aryl methyl sites for hydroxylation is 2. The molecule has 1 N–H and O–H groups in total. The summed E-state index contributed by atoms with van der Waals surface area (Å²) in [6.45, 7) is 7.23. The number of para-hydroxylation sites is 1. The van der Waals surface area contributed by atoms with Gasteiger partial charge in [-0.25, -0.2) is 8.42 Å². The van der Waals surface area contributed by atoms with Crippen LogP contribution >= 0.6 is 11.6 Å². The topological polar surface area (TPSA) is 86.8 Å². The number of sulfonamides is 1. The maximum Gasteiger partial charge on any atom is 0.264 e. The van der Waals surface area contributed by atoms with Crippen LogP contribution in [0.15, 0.2) is 77.7 Å². The van der Waals surface area contributed by atoms with Crippen LogP contribution in [0.1, 0.15) is 30.5 Å². The van der Waals surface area contributed by atoms with Crippen LogP contribution in [0.25, 0.3) is 0 Å². The Morgan fingerprint density at radius 2 is 1.57 bits per heavy atom. The molecule has 0 aliphatic rings. The van der Waals surface area contributed by atoms with Crippen molar-refractivity contribution in [2.75, 3.05) is 17.4 Å². The van der Waals surface area contributed by atoms with Crippen LogP contribution in [0, 0.1) is 13.8 Å². The fourth-order valence-electron chi connectivity index (χ4n) is 3.88. The van der Waals surface area contributed by atoms with Crippen LogP contribution in [0.5, 0.6) is 0 Å². The number of carbonyl (C=O) groups excluding carboxylic acids is 2. The third kappa shape index (κ3) is 6.70. The number of rotatable bonds is 10. The molecular formula is C28H32ClN3O4S. The van der Waals surface area contributed by atoms with E-state index in [1.54, 1.807) is 50.2 Å². The van der Waals surface area contributed by atoms with Crippen LogP contribution in [-0.4, -0.2) is 44.3 Å². The van der Waals surface area contributed by atoms with E-state index in [0.29, 0.717) is 6.54 Å². The van der Waals surface area contributed by atoms with Crippen LogP contribution in [-0.2, 0) is 26.2 Å². The first-order valence-corrected chi connectivity index (χ1v) is 13.8. The van der Waals surface area contributed by atoms with Gasteiger partial charge in [0.1, 0.15) is 12.6 Å². The highest BCUT2D eigenvalue weighted by atomic mass is 35.5. The molecule has 0 aliphatic heterocycles. The van der Waals surface area contributed by atoms with Crippen molar-refractivity contribution in [2.45, 2.75) is 45.2 Å². The minimum Gasteiger partial charge on any atom is -0.355 e. The molecule has 3 aromatic carbocycles. The zero-order valence-corrected chi connectivity index (χ0v) is 23.0. The van der Waals surface area contributed by atoms with Gasteiger partial charge in [-0.05, 0) is 63.1 Å². The van der Waals surface area contributed by atoms with Gasteiger partial charge in [-0.15, -0.1) is 0 Å². The lowest BCUT2D eigenvalue weighted by molar-refractivity contribution is -0.139. The number of nitrogens with one attached hydrogen (secondary N) is 1. The van der Waals surface area contributed by atoms with E-state index in [-0.39, 0.29) is 28.1 Å². The molecule has 0 unspecified atom stereocenters. The zero-order chi connectivity index (χ0) is 27.2. The number of amides is 2. The maximum atomic E-state index is 13.8. The first-order valence-electron chi connectivity index (χ1n) is 12.0. The average molecular weight is 542 g/mol. The molecule has 3 aromatic rings. The molecule has 0 fully saturated rings. The summed E-state index contributed by atoms with van der Waals surface area (Å²) in [5.74, 6) is -0.854. The van der Waals surface area contributed by atoms with Gasteiger partial charge < -0.3 is 10.2 Å². The molecule has 0 aromatic heterocycles.